The van der Waals surface area contributed by atoms with Crippen molar-refractivity contribution in [3.8, 4) is 11.8 Å². The highest BCUT2D eigenvalue weighted by Gasteiger charge is 2.07. The Balaban J connectivity index is 1.64. The van der Waals surface area contributed by atoms with Crippen molar-refractivity contribution < 1.29 is 4.39 Å². The first-order valence-electron chi connectivity index (χ1n) is 8.83. The molecule has 5 heteroatoms. The van der Waals surface area contributed by atoms with Gasteiger partial charge in [-0.05, 0) is 56.9 Å². The maximum absolute atomic E-state index is 13.3. The summed E-state index contributed by atoms with van der Waals surface area (Å²) in [6.45, 7) is 3.19. The quantitative estimate of drug-likeness (QED) is 0.820. The molecule has 1 aromatic carbocycles. The summed E-state index contributed by atoms with van der Waals surface area (Å²) in [5, 5.41) is 0.796. The summed E-state index contributed by atoms with van der Waals surface area (Å²) < 4.78 is 13.3. The van der Waals surface area contributed by atoms with Gasteiger partial charge in [-0.3, -0.25) is 4.99 Å². The smallest absolute Gasteiger partial charge is 0.139 e. The van der Waals surface area contributed by atoms with Crippen LogP contribution >= 0.6 is 0 Å². The highest BCUT2D eigenvalue weighted by Crippen LogP contribution is 2.06. The summed E-state index contributed by atoms with van der Waals surface area (Å²) >= 11 is 0. The molecular weight excluding hydrogens is 327 g/mol. The number of halogens is 1. The zero-order valence-corrected chi connectivity index (χ0v) is 15.6. The molecule has 0 saturated carbocycles. The summed E-state index contributed by atoms with van der Waals surface area (Å²) in [5.41, 5.74) is 3.71. The van der Waals surface area contributed by atoms with E-state index in [-0.39, 0.29) is 6.54 Å². The van der Waals surface area contributed by atoms with Gasteiger partial charge in [-0.1, -0.05) is 18.1 Å². The minimum absolute atomic E-state index is 0.185. The van der Waals surface area contributed by atoms with E-state index in [4.69, 9.17) is 0 Å². The average Bonchev–Trinajstić information content (AvgIpc) is 3.01. The molecule has 0 fully saturated rings. The van der Waals surface area contributed by atoms with Crippen molar-refractivity contribution in [1.82, 2.24) is 14.8 Å². The maximum Gasteiger partial charge on any atom is 0.139 e. The monoisotopic (exact) mass is 352 g/mol. The van der Waals surface area contributed by atoms with Crippen LogP contribution in [0.15, 0.2) is 35.3 Å². The number of hydrogen-bond acceptors (Lipinski definition) is 3. The Morgan fingerprint density at radius 2 is 1.92 bits per heavy atom. The molecule has 0 saturated heterocycles. The first-order valence-corrected chi connectivity index (χ1v) is 8.83. The normalized spacial score (nSPS) is 15.8. The summed E-state index contributed by atoms with van der Waals surface area (Å²) in [6.07, 6.45) is 0.591. The minimum atomic E-state index is -0.998. The van der Waals surface area contributed by atoms with E-state index in [2.05, 4.69) is 64.9 Å². The van der Waals surface area contributed by atoms with Crippen LogP contribution in [0.5, 0.6) is 0 Å². The van der Waals surface area contributed by atoms with Gasteiger partial charge >= 0.3 is 0 Å². The second kappa shape index (κ2) is 8.31. The molecule has 1 aliphatic heterocycles. The van der Waals surface area contributed by atoms with Crippen LogP contribution in [0.4, 0.5) is 4.39 Å². The number of likely N-dealkylation sites (N-methyl/N-ethyl adjacent to an activating group) is 2. The number of rotatable bonds is 5. The fourth-order valence-electron chi connectivity index (χ4n) is 2.81. The van der Waals surface area contributed by atoms with Crippen LogP contribution in [-0.2, 0) is 6.54 Å². The summed E-state index contributed by atoms with van der Waals surface area (Å²) in [4.78, 5) is 11.8. The van der Waals surface area contributed by atoms with E-state index in [0.29, 0.717) is 0 Å². The SMILES string of the molecule is CN(C)CCN(C)Cc1ccc(C#Cc2cc3c([nH]2)=NCC(F)C=3)cc1. The average molecular weight is 352 g/mol. The van der Waals surface area contributed by atoms with Gasteiger partial charge in [0.25, 0.3) is 0 Å². The van der Waals surface area contributed by atoms with E-state index in [0.717, 1.165) is 41.6 Å². The topological polar surface area (TPSA) is 34.6 Å². The van der Waals surface area contributed by atoms with Gasteiger partial charge in [0.05, 0.1) is 12.2 Å². The van der Waals surface area contributed by atoms with Crippen LogP contribution in [0.2, 0.25) is 0 Å². The number of aromatic nitrogens is 1. The van der Waals surface area contributed by atoms with Crippen molar-refractivity contribution in [2.45, 2.75) is 12.7 Å². The van der Waals surface area contributed by atoms with Gasteiger partial charge in [0.1, 0.15) is 11.7 Å². The first-order chi connectivity index (χ1) is 12.5. The molecule has 4 nitrogen and oxygen atoms in total. The standard InChI is InChI=1S/C21H25FN4/c1-25(2)10-11-26(3)15-17-6-4-16(5-7-17)8-9-20-13-18-12-19(22)14-23-21(18)24-20/h4-7,12-13,19H,10-11,14-15H2,1-3H3,(H,23,24). The minimum Gasteiger partial charge on any atom is -0.333 e. The molecule has 0 aliphatic carbocycles. The summed E-state index contributed by atoms with van der Waals surface area (Å²) in [6, 6.07) is 10.2. The van der Waals surface area contributed by atoms with E-state index in [1.807, 2.05) is 18.2 Å². The Labute approximate surface area is 154 Å². The van der Waals surface area contributed by atoms with E-state index in [1.165, 1.54) is 5.56 Å². The molecule has 1 aromatic heterocycles. The lowest BCUT2D eigenvalue weighted by Gasteiger charge is -2.19. The van der Waals surface area contributed by atoms with Gasteiger partial charge in [0.15, 0.2) is 0 Å². The molecule has 2 heterocycles. The van der Waals surface area contributed by atoms with Gasteiger partial charge in [-0.15, -0.1) is 0 Å². The van der Waals surface area contributed by atoms with Gasteiger partial charge in [-0.2, -0.15) is 0 Å². The predicted molar refractivity (Wildman–Crippen MR) is 103 cm³/mol. The molecule has 136 valence electrons. The lowest BCUT2D eigenvalue weighted by molar-refractivity contribution is 0.276. The molecule has 1 unspecified atom stereocenters. The van der Waals surface area contributed by atoms with Crippen LogP contribution in [0.25, 0.3) is 6.08 Å². The van der Waals surface area contributed by atoms with Crippen LogP contribution in [0.1, 0.15) is 16.8 Å². The third-order valence-corrected chi connectivity index (χ3v) is 4.29. The molecule has 0 spiro atoms. The molecule has 1 aliphatic rings. The lowest BCUT2D eigenvalue weighted by Crippen LogP contribution is -2.30. The van der Waals surface area contributed by atoms with Gasteiger partial charge in [0, 0.05) is 30.4 Å². The Morgan fingerprint density at radius 3 is 2.65 bits per heavy atom. The highest BCUT2D eigenvalue weighted by molar-refractivity contribution is 5.42. The van der Waals surface area contributed by atoms with Crippen molar-refractivity contribution in [3.05, 3.63) is 57.9 Å². The Hall–Kier alpha value is -2.42. The number of H-pyrrole nitrogens is 1. The number of nitrogens with one attached hydrogen (secondary N) is 1. The molecule has 0 bridgehead atoms. The van der Waals surface area contributed by atoms with Gasteiger partial charge in [0.2, 0.25) is 0 Å². The van der Waals surface area contributed by atoms with Crippen LogP contribution in [-0.4, -0.2) is 61.7 Å². The fraction of sp³-hybridized carbons (Fsp3) is 0.381. The second-order valence-electron chi connectivity index (χ2n) is 7.00. The number of aromatic amines is 1. The largest absolute Gasteiger partial charge is 0.333 e. The molecule has 0 radical (unpaired) electrons. The first kappa shape index (κ1) is 18.4. The maximum atomic E-state index is 13.3. The van der Waals surface area contributed by atoms with E-state index in [1.54, 1.807) is 6.08 Å². The molecule has 26 heavy (non-hydrogen) atoms. The van der Waals surface area contributed by atoms with E-state index in [9.17, 15) is 4.39 Å². The Bertz CT molecular complexity index is 916. The van der Waals surface area contributed by atoms with E-state index < -0.39 is 6.17 Å². The third-order valence-electron chi connectivity index (χ3n) is 4.29. The van der Waals surface area contributed by atoms with Crippen molar-refractivity contribution in [2.24, 2.45) is 4.99 Å². The van der Waals surface area contributed by atoms with Crippen LogP contribution < -0.4 is 10.7 Å². The lowest BCUT2D eigenvalue weighted by atomic mass is 10.1. The highest BCUT2D eigenvalue weighted by atomic mass is 19.1. The number of nitrogens with zero attached hydrogens (tertiary/aromatic N) is 3. The van der Waals surface area contributed by atoms with Crippen LogP contribution in [0, 0.1) is 11.8 Å². The zero-order chi connectivity index (χ0) is 18.5. The fourth-order valence-corrected chi connectivity index (χ4v) is 2.81. The van der Waals surface area contributed by atoms with E-state index >= 15 is 0 Å². The van der Waals surface area contributed by atoms with Gasteiger partial charge < -0.3 is 14.8 Å². The number of fused-ring (bicyclic) bond motifs is 1. The Kier molecular flexibility index (Phi) is 5.87. The van der Waals surface area contributed by atoms with Crippen LogP contribution in [0.3, 0.4) is 0 Å². The molecule has 3 rings (SSSR count). The van der Waals surface area contributed by atoms with Crippen molar-refractivity contribution in [3.63, 3.8) is 0 Å². The predicted octanol–water partition coefficient (Wildman–Crippen LogP) is 1.16. The number of benzene rings is 1. The molecule has 0 amide bonds. The molecule has 1 atom stereocenters. The summed E-state index contributed by atoms with van der Waals surface area (Å²) in [7, 11) is 6.31. The Morgan fingerprint density at radius 1 is 1.15 bits per heavy atom. The third kappa shape index (κ3) is 5.04. The molecule has 2 aromatic rings. The van der Waals surface area contributed by atoms with Gasteiger partial charge in [-0.25, -0.2) is 4.39 Å². The molecular formula is C21H25FN4. The van der Waals surface area contributed by atoms with Crippen molar-refractivity contribution in [2.75, 3.05) is 40.8 Å². The zero-order valence-electron chi connectivity index (χ0n) is 15.6. The van der Waals surface area contributed by atoms with Crippen molar-refractivity contribution >= 4 is 6.08 Å². The summed E-state index contributed by atoms with van der Waals surface area (Å²) in [5.74, 6) is 6.25. The number of hydrogen-bond donors (Lipinski definition) is 1. The number of alkyl halides is 1. The van der Waals surface area contributed by atoms with Crippen molar-refractivity contribution in [1.29, 1.82) is 0 Å². The second-order valence-corrected chi connectivity index (χ2v) is 7.00. The molecule has 1 N–H and O–H groups in total.